The monoisotopic (exact) mass is 348 g/mol. The Balaban J connectivity index is 1.67. The normalized spacial score (nSPS) is 10.6. The minimum absolute atomic E-state index is 0.118. The number of nitrogens with zero attached hydrogens (tertiary/aromatic N) is 1. The number of benzene rings is 1. The molecule has 0 atom stereocenters. The van der Waals surface area contributed by atoms with E-state index in [2.05, 4.69) is 15.7 Å². The maximum absolute atomic E-state index is 12.1. The molecule has 0 spiro atoms. The van der Waals surface area contributed by atoms with E-state index in [0.717, 1.165) is 21.8 Å². The van der Waals surface area contributed by atoms with Crippen molar-refractivity contribution in [3.05, 3.63) is 56.7 Å². The van der Waals surface area contributed by atoms with Gasteiger partial charge in [-0.15, -0.1) is 11.3 Å². The van der Waals surface area contributed by atoms with Crippen molar-refractivity contribution in [3.8, 4) is 10.6 Å². The number of hydrogen-bond acceptors (Lipinski definition) is 4. The molecule has 1 amide bonds. The first-order chi connectivity index (χ1) is 10.6. The molecule has 0 aliphatic rings. The molecule has 22 heavy (non-hydrogen) atoms. The van der Waals surface area contributed by atoms with Crippen LogP contribution in [0.25, 0.3) is 10.6 Å². The highest BCUT2D eigenvalue weighted by Gasteiger charge is 2.11. The van der Waals surface area contributed by atoms with Crippen molar-refractivity contribution in [2.24, 2.45) is 0 Å². The highest BCUT2D eigenvalue weighted by Crippen LogP contribution is 2.26. The average molecular weight is 349 g/mol. The van der Waals surface area contributed by atoms with Gasteiger partial charge in [-0.2, -0.15) is 11.3 Å². The maximum Gasteiger partial charge on any atom is 0.230 e. The molecule has 1 N–H and O–H groups in total. The quantitative estimate of drug-likeness (QED) is 0.719. The summed E-state index contributed by atoms with van der Waals surface area (Å²) < 4.78 is 0. The molecule has 0 aliphatic carbocycles. The second kappa shape index (κ2) is 6.60. The standard InChI is InChI=1S/C16H13ClN2OS2/c1-10-2-3-14(13(17)6-10)19-15(20)7-12-9-22-16(18-12)11-4-5-21-8-11/h2-6,8-9H,7H2,1H3,(H,19,20). The number of nitrogens with one attached hydrogen (secondary N) is 1. The van der Waals surface area contributed by atoms with Gasteiger partial charge < -0.3 is 5.32 Å². The van der Waals surface area contributed by atoms with E-state index in [1.807, 2.05) is 41.9 Å². The van der Waals surface area contributed by atoms with Crippen LogP contribution in [0, 0.1) is 6.92 Å². The Labute approximate surface area is 141 Å². The van der Waals surface area contributed by atoms with Crippen molar-refractivity contribution in [1.29, 1.82) is 0 Å². The van der Waals surface area contributed by atoms with E-state index in [-0.39, 0.29) is 12.3 Å². The Hall–Kier alpha value is -1.69. The summed E-state index contributed by atoms with van der Waals surface area (Å²) in [6.45, 7) is 1.96. The topological polar surface area (TPSA) is 42.0 Å². The van der Waals surface area contributed by atoms with Gasteiger partial charge in [0.1, 0.15) is 5.01 Å². The molecule has 6 heteroatoms. The predicted molar refractivity (Wildman–Crippen MR) is 93.9 cm³/mol. The van der Waals surface area contributed by atoms with Crippen LogP contribution in [0.5, 0.6) is 0 Å². The largest absolute Gasteiger partial charge is 0.324 e. The summed E-state index contributed by atoms with van der Waals surface area (Å²) in [6.07, 6.45) is 0.241. The molecule has 0 aliphatic heterocycles. The molecular weight excluding hydrogens is 336 g/mol. The van der Waals surface area contributed by atoms with Crippen LogP contribution >= 0.6 is 34.3 Å². The number of rotatable bonds is 4. The van der Waals surface area contributed by atoms with Crippen LogP contribution in [0.2, 0.25) is 5.02 Å². The molecule has 0 saturated heterocycles. The van der Waals surface area contributed by atoms with Crippen molar-refractivity contribution in [2.75, 3.05) is 5.32 Å². The minimum atomic E-state index is -0.118. The van der Waals surface area contributed by atoms with Crippen molar-refractivity contribution in [3.63, 3.8) is 0 Å². The molecule has 3 aromatic rings. The van der Waals surface area contributed by atoms with Gasteiger partial charge in [-0.1, -0.05) is 17.7 Å². The van der Waals surface area contributed by atoms with Gasteiger partial charge in [-0.25, -0.2) is 4.98 Å². The lowest BCUT2D eigenvalue weighted by molar-refractivity contribution is -0.115. The number of aromatic nitrogens is 1. The van der Waals surface area contributed by atoms with Crippen LogP contribution in [0.1, 0.15) is 11.3 Å². The summed E-state index contributed by atoms with van der Waals surface area (Å²) in [7, 11) is 0. The van der Waals surface area contributed by atoms with Crippen LogP contribution in [-0.4, -0.2) is 10.9 Å². The van der Waals surface area contributed by atoms with Crippen molar-refractivity contribution < 1.29 is 4.79 Å². The van der Waals surface area contributed by atoms with Crippen LogP contribution in [0.4, 0.5) is 5.69 Å². The third-order valence-electron chi connectivity index (χ3n) is 3.06. The zero-order valence-corrected chi connectivity index (χ0v) is 14.2. The first-order valence-electron chi connectivity index (χ1n) is 6.65. The molecule has 3 rings (SSSR count). The molecule has 0 fully saturated rings. The minimum Gasteiger partial charge on any atom is -0.324 e. The summed E-state index contributed by atoms with van der Waals surface area (Å²) >= 11 is 9.31. The highest BCUT2D eigenvalue weighted by atomic mass is 35.5. The predicted octanol–water partition coefficient (Wildman–Crippen LogP) is 5.01. The van der Waals surface area contributed by atoms with E-state index in [4.69, 9.17) is 11.6 Å². The van der Waals surface area contributed by atoms with Gasteiger partial charge >= 0.3 is 0 Å². The van der Waals surface area contributed by atoms with Gasteiger partial charge in [0.15, 0.2) is 0 Å². The van der Waals surface area contributed by atoms with Gasteiger partial charge in [0.2, 0.25) is 5.91 Å². The summed E-state index contributed by atoms with van der Waals surface area (Å²) in [5.41, 5.74) is 3.56. The first kappa shape index (κ1) is 15.2. The molecule has 0 radical (unpaired) electrons. The van der Waals surface area contributed by atoms with Crippen molar-refractivity contribution >= 4 is 45.9 Å². The molecule has 0 bridgehead atoms. The maximum atomic E-state index is 12.1. The summed E-state index contributed by atoms with van der Waals surface area (Å²) in [6, 6.07) is 7.58. The van der Waals surface area contributed by atoms with Crippen LogP contribution in [-0.2, 0) is 11.2 Å². The molecule has 3 nitrogen and oxygen atoms in total. The molecule has 2 aromatic heterocycles. The Kier molecular flexibility index (Phi) is 4.57. The number of carbonyl (C=O) groups is 1. The molecule has 0 saturated carbocycles. The van der Waals surface area contributed by atoms with E-state index >= 15 is 0 Å². The lowest BCUT2D eigenvalue weighted by atomic mass is 10.2. The second-order valence-electron chi connectivity index (χ2n) is 4.86. The lowest BCUT2D eigenvalue weighted by Crippen LogP contribution is -2.14. The van der Waals surface area contributed by atoms with E-state index in [0.29, 0.717) is 10.7 Å². The number of hydrogen-bond donors (Lipinski definition) is 1. The molecule has 112 valence electrons. The SMILES string of the molecule is Cc1ccc(NC(=O)Cc2csc(-c3ccsc3)n2)c(Cl)c1. The van der Waals surface area contributed by atoms with E-state index in [1.165, 1.54) is 0 Å². The fourth-order valence-corrected chi connectivity index (χ4v) is 3.80. The van der Waals surface area contributed by atoms with Crippen LogP contribution in [0.15, 0.2) is 40.4 Å². The number of thiophene rings is 1. The number of halogens is 1. The summed E-state index contributed by atoms with van der Waals surface area (Å²) in [5.74, 6) is -0.118. The lowest BCUT2D eigenvalue weighted by Gasteiger charge is -2.07. The summed E-state index contributed by atoms with van der Waals surface area (Å²) in [5, 5.41) is 10.3. The first-order valence-corrected chi connectivity index (χ1v) is 8.85. The average Bonchev–Trinajstić information content (AvgIpc) is 3.12. The Bertz CT molecular complexity index is 796. The molecule has 2 heterocycles. The van der Waals surface area contributed by atoms with E-state index < -0.39 is 0 Å². The number of thiazole rings is 1. The zero-order chi connectivity index (χ0) is 15.5. The fourth-order valence-electron chi connectivity index (χ4n) is 1.99. The van der Waals surface area contributed by atoms with E-state index in [9.17, 15) is 4.79 Å². The zero-order valence-electron chi connectivity index (χ0n) is 11.8. The Morgan fingerprint density at radius 3 is 2.91 bits per heavy atom. The number of anilines is 1. The third-order valence-corrected chi connectivity index (χ3v) is 5.00. The second-order valence-corrected chi connectivity index (χ2v) is 6.91. The number of carbonyl (C=O) groups excluding carboxylic acids is 1. The molecular formula is C16H13ClN2OS2. The van der Waals surface area contributed by atoms with Gasteiger partial charge in [0.05, 0.1) is 22.8 Å². The Morgan fingerprint density at radius 2 is 2.18 bits per heavy atom. The number of amides is 1. The number of aryl methyl sites for hydroxylation is 1. The summed E-state index contributed by atoms with van der Waals surface area (Å²) in [4.78, 5) is 16.6. The van der Waals surface area contributed by atoms with Crippen molar-refractivity contribution in [1.82, 2.24) is 4.98 Å². The third kappa shape index (κ3) is 3.55. The molecule has 1 aromatic carbocycles. The smallest absolute Gasteiger partial charge is 0.230 e. The molecule has 0 unspecified atom stereocenters. The van der Waals surface area contributed by atoms with E-state index in [1.54, 1.807) is 22.7 Å². The van der Waals surface area contributed by atoms with Crippen LogP contribution in [0.3, 0.4) is 0 Å². The van der Waals surface area contributed by atoms with Crippen molar-refractivity contribution in [2.45, 2.75) is 13.3 Å². The highest BCUT2D eigenvalue weighted by molar-refractivity contribution is 7.14. The Morgan fingerprint density at radius 1 is 1.32 bits per heavy atom. The van der Waals surface area contributed by atoms with Gasteiger partial charge in [0.25, 0.3) is 0 Å². The van der Waals surface area contributed by atoms with Gasteiger partial charge in [0, 0.05) is 16.3 Å². The van der Waals surface area contributed by atoms with Gasteiger partial charge in [-0.3, -0.25) is 4.79 Å². The van der Waals surface area contributed by atoms with Crippen LogP contribution < -0.4 is 5.32 Å². The fraction of sp³-hybridized carbons (Fsp3) is 0.125. The van der Waals surface area contributed by atoms with Gasteiger partial charge in [-0.05, 0) is 36.1 Å².